The minimum absolute atomic E-state index is 0.00671. The van der Waals surface area contributed by atoms with Crippen molar-refractivity contribution in [2.45, 2.75) is 32.2 Å². The molecule has 2 aliphatic rings. The first-order valence-corrected chi connectivity index (χ1v) is 10.4. The van der Waals surface area contributed by atoms with Crippen molar-refractivity contribution in [3.8, 4) is 0 Å². The number of benzene rings is 1. The molecule has 1 fully saturated rings. The molecule has 140 valence electrons. The van der Waals surface area contributed by atoms with Gasteiger partial charge in [0, 0.05) is 19.3 Å². The van der Waals surface area contributed by atoms with Crippen molar-refractivity contribution in [2.75, 3.05) is 6.54 Å². The summed E-state index contributed by atoms with van der Waals surface area (Å²) in [5.41, 5.74) is 3.24. The SMILES string of the molecule is CC1=C(c2ccccc2)C2C(=O)N(CCCn3cnc(C)c3)C(=S)NC2S1. The number of hydrogen-bond acceptors (Lipinski definition) is 4. The number of thiocarbonyl (C=S) groups is 1. The highest BCUT2D eigenvalue weighted by molar-refractivity contribution is 8.04. The Morgan fingerprint density at radius 2 is 2.00 bits per heavy atom. The maximum absolute atomic E-state index is 13.3. The van der Waals surface area contributed by atoms with Crippen molar-refractivity contribution >= 4 is 40.6 Å². The van der Waals surface area contributed by atoms with Crippen LogP contribution in [0.15, 0.2) is 47.8 Å². The highest BCUT2D eigenvalue weighted by atomic mass is 32.2. The number of nitrogens with one attached hydrogen (secondary N) is 1. The average molecular weight is 399 g/mol. The van der Waals surface area contributed by atoms with E-state index in [1.807, 2.05) is 42.2 Å². The zero-order valence-corrected chi connectivity index (χ0v) is 17.0. The number of aromatic nitrogens is 2. The van der Waals surface area contributed by atoms with Gasteiger partial charge in [-0.3, -0.25) is 9.69 Å². The highest BCUT2D eigenvalue weighted by Gasteiger charge is 2.46. The van der Waals surface area contributed by atoms with E-state index in [0.29, 0.717) is 11.7 Å². The van der Waals surface area contributed by atoms with E-state index in [-0.39, 0.29) is 17.2 Å². The third-order valence-electron chi connectivity index (χ3n) is 4.98. The fourth-order valence-electron chi connectivity index (χ4n) is 3.74. The molecular formula is C20H22N4OS2. The molecule has 3 heterocycles. The van der Waals surface area contributed by atoms with Crippen LogP contribution in [0, 0.1) is 12.8 Å². The number of carbonyl (C=O) groups excluding carboxylic acids is 1. The molecule has 7 heteroatoms. The maximum Gasteiger partial charge on any atom is 0.239 e. The lowest BCUT2D eigenvalue weighted by atomic mass is 9.90. The lowest BCUT2D eigenvalue weighted by Crippen LogP contribution is -2.58. The number of imidazole rings is 1. The summed E-state index contributed by atoms with van der Waals surface area (Å²) < 4.78 is 2.05. The second-order valence-corrected chi connectivity index (χ2v) is 8.64. The predicted octanol–water partition coefficient (Wildman–Crippen LogP) is 3.42. The van der Waals surface area contributed by atoms with E-state index >= 15 is 0 Å². The van der Waals surface area contributed by atoms with Gasteiger partial charge in [0.25, 0.3) is 0 Å². The number of rotatable bonds is 5. The molecular weight excluding hydrogens is 376 g/mol. The number of allylic oxidation sites excluding steroid dienone is 1. The van der Waals surface area contributed by atoms with Crippen LogP contribution >= 0.6 is 24.0 Å². The fraction of sp³-hybridized carbons (Fsp3) is 0.350. The molecule has 0 radical (unpaired) electrons. The maximum atomic E-state index is 13.3. The molecule has 2 atom stereocenters. The van der Waals surface area contributed by atoms with Crippen LogP contribution in [0.5, 0.6) is 0 Å². The van der Waals surface area contributed by atoms with E-state index in [2.05, 4.69) is 29.4 Å². The van der Waals surface area contributed by atoms with Gasteiger partial charge in [-0.1, -0.05) is 30.3 Å². The van der Waals surface area contributed by atoms with Crippen molar-refractivity contribution in [2.24, 2.45) is 5.92 Å². The standard InChI is InChI=1S/C20H22N4OS2/c1-13-11-23(12-21-13)9-6-10-24-19(25)17-16(15-7-4-3-5-8-15)14(2)27-18(17)22-20(24)26/h3-5,7-8,11-12,17-18H,6,9-10H2,1-2H3,(H,22,26). The summed E-state index contributed by atoms with van der Waals surface area (Å²) in [6, 6.07) is 10.2. The van der Waals surface area contributed by atoms with Gasteiger partial charge < -0.3 is 9.88 Å². The van der Waals surface area contributed by atoms with E-state index < -0.39 is 0 Å². The van der Waals surface area contributed by atoms with Gasteiger partial charge in [0.05, 0.1) is 23.3 Å². The molecule has 1 N–H and O–H groups in total. The van der Waals surface area contributed by atoms with E-state index in [0.717, 1.165) is 29.8 Å². The summed E-state index contributed by atoms with van der Waals surface area (Å²) in [6.45, 7) is 5.49. The first-order valence-electron chi connectivity index (χ1n) is 9.07. The quantitative estimate of drug-likeness (QED) is 0.782. The van der Waals surface area contributed by atoms with Crippen molar-refractivity contribution < 1.29 is 4.79 Å². The minimum atomic E-state index is -0.195. The lowest BCUT2D eigenvalue weighted by molar-refractivity contribution is -0.130. The molecule has 0 aliphatic carbocycles. The lowest BCUT2D eigenvalue weighted by Gasteiger charge is -2.37. The van der Waals surface area contributed by atoms with Crippen LogP contribution in [0.4, 0.5) is 0 Å². The third-order valence-corrected chi connectivity index (χ3v) is 6.54. The van der Waals surface area contributed by atoms with Gasteiger partial charge in [-0.15, -0.1) is 11.8 Å². The Labute approximate surface area is 168 Å². The molecule has 1 saturated heterocycles. The molecule has 2 aromatic rings. The Morgan fingerprint density at radius 3 is 2.70 bits per heavy atom. The molecule has 2 aliphatic heterocycles. The molecule has 2 unspecified atom stereocenters. The van der Waals surface area contributed by atoms with Gasteiger partial charge >= 0.3 is 0 Å². The number of amides is 1. The summed E-state index contributed by atoms with van der Waals surface area (Å²) in [6.07, 6.45) is 4.67. The molecule has 0 saturated carbocycles. The third kappa shape index (κ3) is 3.53. The Morgan fingerprint density at radius 1 is 1.22 bits per heavy atom. The summed E-state index contributed by atoms with van der Waals surface area (Å²) in [5, 5.41) is 3.91. The molecule has 1 aromatic carbocycles. The summed E-state index contributed by atoms with van der Waals surface area (Å²) in [7, 11) is 0. The number of aryl methyl sites for hydroxylation is 2. The Bertz CT molecular complexity index is 906. The molecule has 1 amide bonds. The van der Waals surface area contributed by atoms with Crippen LogP contribution in [0.25, 0.3) is 5.57 Å². The Hall–Kier alpha value is -2.12. The average Bonchev–Trinajstić information content (AvgIpc) is 3.21. The molecule has 4 rings (SSSR count). The van der Waals surface area contributed by atoms with E-state index in [9.17, 15) is 4.79 Å². The fourth-order valence-corrected chi connectivity index (χ4v) is 5.44. The monoisotopic (exact) mass is 398 g/mol. The van der Waals surface area contributed by atoms with Crippen molar-refractivity contribution in [3.05, 3.63) is 59.0 Å². The largest absolute Gasteiger partial charge is 0.349 e. The molecule has 0 bridgehead atoms. The Balaban J connectivity index is 1.50. The smallest absolute Gasteiger partial charge is 0.239 e. The minimum Gasteiger partial charge on any atom is -0.349 e. The summed E-state index contributed by atoms with van der Waals surface area (Å²) >= 11 is 7.21. The van der Waals surface area contributed by atoms with Crippen LogP contribution in [0.2, 0.25) is 0 Å². The summed E-state index contributed by atoms with van der Waals surface area (Å²) in [4.78, 5) is 20.5. The van der Waals surface area contributed by atoms with E-state index in [1.165, 1.54) is 4.91 Å². The Kier molecular flexibility index (Phi) is 5.06. The van der Waals surface area contributed by atoms with Crippen molar-refractivity contribution in [1.82, 2.24) is 19.8 Å². The topological polar surface area (TPSA) is 50.2 Å². The van der Waals surface area contributed by atoms with Crippen molar-refractivity contribution in [1.29, 1.82) is 0 Å². The first kappa shape index (κ1) is 18.3. The number of hydrogen-bond donors (Lipinski definition) is 1. The zero-order valence-electron chi connectivity index (χ0n) is 15.4. The van der Waals surface area contributed by atoms with Gasteiger partial charge in [0.1, 0.15) is 0 Å². The van der Waals surface area contributed by atoms with Crippen LogP contribution in [-0.4, -0.2) is 37.4 Å². The second kappa shape index (κ2) is 7.48. The van der Waals surface area contributed by atoms with Crippen LogP contribution in [0.3, 0.4) is 0 Å². The van der Waals surface area contributed by atoms with Gasteiger partial charge in [-0.2, -0.15) is 0 Å². The van der Waals surface area contributed by atoms with Crippen LogP contribution in [-0.2, 0) is 11.3 Å². The number of carbonyl (C=O) groups is 1. The normalized spacial score (nSPS) is 22.2. The number of thioether (sulfide) groups is 1. The first-order chi connectivity index (χ1) is 13.0. The van der Waals surface area contributed by atoms with E-state index in [1.54, 1.807) is 16.7 Å². The second-order valence-electron chi connectivity index (χ2n) is 6.90. The number of nitrogens with zero attached hydrogens (tertiary/aromatic N) is 3. The van der Waals surface area contributed by atoms with Crippen LogP contribution in [0.1, 0.15) is 24.6 Å². The molecule has 5 nitrogen and oxygen atoms in total. The van der Waals surface area contributed by atoms with Gasteiger partial charge in [-0.05, 0) is 48.5 Å². The highest BCUT2D eigenvalue weighted by Crippen LogP contribution is 2.47. The van der Waals surface area contributed by atoms with Gasteiger partial charge in [-0.25, -0.2) is 4.98 Å². The molecule has 27 heavy (non-hydrogen) atoms. The number of fused-ring (bicyclic) bond motifs is 1. The van der Waals surface area contributed by atoms with Crippen molar-refractivity contribution in [3.63, 3.8) is 0 Å². The predicted molar refractivity (Wildman–Crippen MR) is 113 cm³/mol. The van der Waals surface area contributed by atoms with Gasteiger partial charge in [0.2, 0.25) is 5.91 Å². The van der Waals surface area contributed by atoms with Crippen LogP contribution < -0.4 is 5.32 Å². The summed E-state index contributed by atoms with van der Waals surface area (Å²) in [5.74, 6) is -0.0895. The van der Waals surface area contributed by atoms with E-state index in [4.69, 9.17) is 12.2 Å². The molecule has 0 spiro atoms. The zero-order chi connectivity index (χ0) is 19.0. The molecule has 1 aromatic heterocycles. The van der Waals surface area contributed by atoms with Gasteiger partial charge in [0.15, 0.2) is 5.11 Å².